The molecular weight excluding hydrogens is 386 g/mol. The van der Waals surface area contributed by atoms with Gasteiger partial charge in [-0.3, -0.25) is 4.57 Å². The van der Waals surface area contributed by atoms with Crippen LogP contribution < -0.4 is 4.90 Å². The quantitative estimate of drug-likeness (QED) is 0.662. The number of hydrogen-bond acceptors (Lipinski definition) is 6. The summed E-state index contributed by atoms with van der Waals surface area (Å²) in [5.41, 5.74) is 2.28. The summed E-state index contributed by atoms with van der Waals surface area (Å²) in [4.78, 5) is 18.5. The number of hydrogen-bond donors (Lipinski definition) is 0. The summed E-state index contributed by atoms with van der Waals surface area (Å²) < 4.78 is 1.88. The van der Waals surface area contributed by atoms with E-state index in [-0.39, 0.29) is 5.82 Å². The van der Waals surface area contributed by atoms with Gasteiger partial charge in [0.25, 0.3) is 0 Å². The molecule has 0 saturated carbocycles. The smallest absolute Gasteiger partial charge is 0.236 e. The predicted octanol–water partition coefficient (Wildman–Crippen LogP) is 3.41. The lowest BCUT2D eigenvalue weighted by molar-refractivity contribution is 0.207. The molecular formula is C21H22ClN7. The summed E-state index contributed by atoms with van der Waals surface area (Å²) in [5, 5.41) is 10.2. The van der Waals surface area contributed by atoms with Crippen LogP contribution in [-0.4, -0.2) is 56.6 Å². The number of rotatable bonds is 3. The van der Waals surface area contributed by atoms with Crippen molar-refractivity contribution in [2.45, 2.75) is 31.7 Å². The average molecular weight is 408 g/mol. The third-order valence-electron chi connectivity index (χ3n) is 6.00. The topological polar surface area (TPSA) is 73.9 Å². The van der Waals surface area contributed by atoms with Gasteiger partial charge in [0, 0.05) is 29.8 Å². The van der Waals surface area contributed by atoms with E-state index < -0.39 is 0 Å². The maximum Gasteiger partial charge on any atom is 0.236 e. The van der Waals surface area contributed by atoms with Crippen LogP contribution in [0.4, 0.5) is 5.82 Å². The third kappa shape index (κ3) is 3.43. The summed E-state index contributed by atoms with van der Waals surface area (Å²) in [6.45, 7) is 4.30. The Hall–Kier alpha value is -2.69. The number of nitrogens with zero attached hydrogens (tertiary/aromatic N) is 7. The van der Waals surface area contributed by atoms with E-state index in [1.165, 1.54) is 25.9 Å². The number of likely N-dealkylation sites (tertiary alicyclic amines) is 1. The van der Waals surface area contributed by atoms with Crippen LogP contribution in [0.3, 0.4) is 0 Å². The van der Waals surface area contributed by atoms with Gasteiger partial charge < -0.3 is 9.80 Å². The molecule has 2 saturated heterocycles. The monoisotopic (exact) mass is 407 g/mol. The molecule has 0 bridgehead atoms. The number of benzene rings is 1. The van der Waals surface area contributed by atoms with Crippen LogP contribution >= 0.6 is 11.6 Å². The number of imidazole rings is 1. The van der Waals surface area contributed by atoms with Crippen molar-refractivity contribution in [2.75, 3.05) is 31.1 Å². The minimum Gasteiger partial charge on any atom is -0.354 e. The molecule has 7 nitrogen and oxygen atoms in total. The number of nitriles is 1. The van der Waals surface area contributed by atoms with Crippen molar-refractivity contribution >= 4 is 28.6 Å². The van der Waals surface area contributed by atoms with Gasteiger partial charge in [0.2, 0.25) is 5.82 Å². The van der Waals surface area contributed by atoms with E-state index in [4.69, 9.17) is 11.6 Å². The van der Waals surface area contributed by atoms with Crippen LogP contribution in [0.5, 0.6) is 0 Å². The molecule has 8 heteroatoms. The largest absolute Gasteiger partial charge is 0.354 e. The van der Waals surface area contributed by atoms with Gasteiger partial charge in [-0.15, -0.1) is 0 Å². The Morgan fingerprint density at radius 3 is 2.41 bits per heavy atom. The summed E-state index contributed by atoms with van der Waals surface area (Å²) in [5.74, 6) is 0.934. The van der Waals surface area contributed by atoms with E-state index in [0.717, 1.165) is 43.0 Å². The lowest BCUT2D eigenvalue weighted by Gasteiger charge is -2.37. The molecule has 2 aliphatic heterocycles. The van der Waals surface area contributed by atoms with Gasteiger partial charge in [0.05, 0.1) is 0 Å². The molecule has 2 aromatic heterocycles. The fraction of sp³-hybridized carbons (Fsp3) is 0.429. The molecule has 0 spiro atoms. The highest BCUT2D eigenvalue weighted by molar-refractivity contribution is 6.30. The predicted molar refractivity (Wildman–Crippen MR) is 112 cm³/mol. The van der Waals surface area contributed by atoms with Crippen LogP contribution in [0.25, 0.3) is 16.9 Å². The molecule has 2 fully saturated rings. The lowest BCUT2D eigenvalue weighted by atomic mass is 10.0. The summed E-state index contributed by atoms with van der Waals surface area (Å²) in [6.07, 6.45) is 6.61. The maximum atomic E-state index is 9.49. The molecule has 3 aromatic rings. The van der Waals surface area contributed by atoms with Crippen molar-refractivity contribution in [3.8, 4) is 11.8 Å². The Balaban J connectivity index is 1.48. The van der Waals surface area contributed by atoms with Crippen LogP contribution in [-0.2, 0) is 0 Å². The molecule has 0 N–H and O–H groups in total. The number of halogens is 1. The molecule has 4 heterocycles. The highest BCUT2D eigenvalue weighted by Gasteiger charge is 2.28. The zero-order chi connectivity index (χ0) is 19.8. The Morgan fingerprint density at radius 2 is 1.72 bits per heavy atom. The third-order valence-corrected chi connectivity index (χ3v) is 6.26. The molecule has 0 atom stereocenters. The van der Waals surface area contributed by atoms with Gasteiger partial charge in [0.1, 0.15) is 12.4 Å². The summed E-state index contributed by atoms with van der Waals surface area (Å²) >= 11 is 6.02. The number of piperidine rings is 1. The highest BCUT2D eigenvalue weighted by Crippen LogP contribution is 2.29. The molecule has 0 unspecified atom stereocenters. The maximum absolute atomic E-state index is 9.49. The second-order valence-corrected chi connectivity index (χ2v) is 8.14. The summed E-state index contributed by atoms with van der Waals surface area (Å²) in [7, 11) is 0. The van der Waals surface area contributed by atoms with Crippen molar-refractivity contribution in [2.24, 2.45) is 0 Å². The second kappa shape index (κ2) is 7.62. The van der Waals surface area contributed by atoms with Crippen molar-refractivity contribution < 1.29 is 0 Å². The molecule has 0 radical (unpaired) electrons. The Bertz CT molecular complexity index is 1060. The first kappa shape index (κ1) is 18.3. The number of aromatic nitrogens is 4. The Kier molecular flexibility index (Phi) is 4.82. The van der Waals surface area contributed by atoms with Gasteiger partial charge in [-0.1, -0.05) is 11.6 Å². The normalized spacial score (nSPS) is 18.4. The van der Waals surface area contributed by atoms with Crippen LogP contribution in [0.15, 0.2) is 30.6 Å². The Morgan fingerprint density at radius 1 is 1.00 bits per heavy atom. The van der Waals surface area contributed by atoms with Crippen LogP contribution in [0.1, 0.15) is 31.5 Å². The van der Waals surface area contributed by atoms with Gasteiger partial charge in [-0.2, -0.15) is 15.2 Å². The molecule has 5 rings (SSSR count). The molecule has 0 amide bonds. The summed E-state index contributed by atoms with van der Waals surface area (Å²) in [6, 6.07) is 10.3. The van der Waals surface area contributed by atoms with Crippen molar-refractivity contribution in [1.82, 2.24) is 24.4 Å². The molecule has 1 aromatic carbocycles. The second-order valence-electron chi connectivity index (χ2n) is 7.71. The highest BCUT2D eigenvalue weighted by atomic mass is 35.5. The number of fused-ring (bicyclic) bond motifs is 1. The van der Waals surface area contributed by atoms with E-state index >= 15 is 0 Å². The first-order valence-corrected chi connectivity index (χ1v) is 10.5. The standard InChI is InChI=1S/C21H22ClN7/c22-15-3-5-17(6-4-15)29-14-24-19-20(25-18(13-23)26-21(19)29)28-11-7-16(8-12-28)27-9-1-2-10-27/h3-6,14,16H,1-2,7-12H2. The van der Waals surface area contributed by atoms with Gasteiger partial charge in [0.15, 0.2) is 17.0 Å². The fourth-order valence-corrected chi connectivity index (χ4v) is 4.62. The van der Waals surface area contributed by atoms with E-state index in [0.29, 0.717) is 16.7 Å². The van der Waals surface area contributed by atoms with E-state index in [1.54, 1.807) is 6.33 Å². The average Bonchev–Trinajstić information content (AvgIpc) is 3.44. The molecule has 148 valence electrons. The fourth-order valence-electron chi connectivity index (χ4n) is 4.50. The molecule has 0 aliphatic carbocycles. The zero-order valence-electron chi connectivity index (χ0n) is 16.1. The van der Waals surface area contributed by atoms with Crippen LogP contribution in [0.2, 0.25) is 5.02 Å². The molecule has 2 aliphatic rings. The van der Waals surface area contributed by atoms with Crippen LogP contribution in [0, 0.1) is 11.3 Å². The van der Waals surface area contributed by atoms with Crippen molar-refractivity contribution in [3.05, 3.63) is 41.4 Å². The lowest BCUT2D eigenvalue weighted by Crippen LogP contribution is -2.44. The van der Waals surface area contributed by atoms with Crippen molar-refractivity contribution in [3.63, 3.8) is 0 Å². The van der Waals surface area contributed by atoms with Gasteiger partial charge in [-0.25, -0.2) is 4.98 Å². The SMILES string of the molecule is N#Cc1nc(N2CCC(N3CCCC3)CC2)c2ncn(-c3ccc(Cl)cc3)c2n1. The van der Waals surface area contributed by atoms with E-state index in [2.05, 4.69) is 30.8 Å². The Labute approximate surface area is 174 Å². The minimum atomic E-state index is 0.171. The van der Waals surface area contributed by atoms with Gasteiger partial charge in [-0.05, 0) is 63.0 Å². The van der Waals surface area contributed by atoms with E-state index in [1.807, 2.05) is 28.8 Å². The van der Waals surface area contributed by atoms with Crippen molar-refractivity contribution in [1.29, 1.82) is 5.26 Å². The van der Waals surface area contributed by atoms with Gasteiger partial charge >= 0.3 is 0 Å². The van der Waals surface area contributed by atoms with E-state index in [9.17, 15) is 5.26 Å². The first-order valence-electron chi connectivity index (χ1n) is 10.1. The molecule has 29 heavy (non-hydrogen) atoms. The number of anilines is 1. The first-order chi connectivity index (χ1) is 14.2. The zero-order valence-corrected chi connectivity index (χ0v) is 16.9. The minimum absolute atomic E-state index is 0.171.